The quantitative estimate of drug-likeness (QED) is 0.801. The van der Waals surface area contributed by atoms with Gasteiger partial charge in [-0.2, -0.15) is 0 Å². The number of hydrogen-bond acceptors (Lipinski definition) is 7. The van der Waals surface area contributed by atoms with Crippen LogP contribution in [0, 0.1) is 0 Å². The Morgan fingerprint density at radius 3 is 3.06 bits per heavy atom. The fourth-order valence-corrected chi connectivity index (χ4v) is 1.96. The van der Waals surface area contributed by atoms with Crippen LogP contribution in [0.5, 0.6) is 0 Å². The highest BCUT2D eigenvalue weighted by atomic mass is 32.1. The molecule has 0 bridgehead atoms. The maximum absolute atomic E-state index is 5.53. The van der Waals surface area contributed by atoms with Gasteiger partial charge in [0.2, 0.25) is 5.89 Å². The van der Waals surface area contributed by atoms with Crippen LogP contribution in [0.2, 0.25) is 0 Å². The molecule has 18 heavy (non-hydrogen) atoms. The Bertz CT molecular complexity index is 456. The Morgan fingerprint density at radius 2 is 2.33 bits per heavy atom. The highest BCUT2D eigenvalue weighted by molar-refractivity contribution is 7.09. The van der Waals surface area contributed by atoms with Gasteiger partial charge < -0.3 is 15.1 Å². The van der Waals surface area contributed by atoms with Crippen LogP contribution in [0.25, 0.3) is 0 Å². The molecule has 2 heterocycles. The Hall–Kier alpha value is -1.47. The van der Waals surface area contributed by atoms with E-state index in [2.05, 4.69) is 32.7 Å². The summed E-state index contributed by atoms with van der Waals surface area (Å²) in [5.74, 6) is 0.607. The minimum atomic E-state index is 0.0800. The third kappa shape index (κ3) is 3.51. The van der Waals surface area contributed by atoms with E-state index in [1.165, 1.54) is 0 Å². The molecule has 0 aliphatic rings. The van der Waals surface area contributed by atoms with Gasteiger partial charge in [-0.3, -0.25) is 4.98 Å². The number of thiazole rings is 1. The Morgan fingerprint density at radius 1 is 1.44 bits per heavy atom. The SMILES string of the molecule is CCCNC(C)c1nnc(NCc2cncs2)o1. The van der Waals surface area contributed by atoms with Crippen molar-refractivity contribution in [3.8, 4) is 0 Å². The van der Waals surface area contributed by atoms with Crippen molar-refractivity contribution in [2.24, 2.45) is 0 Å². The maximum atomic E-state index is 5.53. The molecule has 0 saturated heterocycles. The summed E-state index contributed by atoms with van der Waals surface area (Å²) in [6.45, 7) is 5.72. The van der Waals surface area contributed by atoms with Gasteiger partial charge in [0.15, 0.2) is 0 Å². The molecule has 1 atom stereocenters. The van der Waals surface area contributed by atoms with E-state index >= 15 is 0 Å². The number of aromatic nitrogens is 3. The third-order valence-electron chi connectivity index (χ3n) is 2.41. The largest absolute Gasteiger partial charge is 0.406 e. The van der Waals surface area contributed by atoms with E-state index in [1.807, 2.05) is 13.1 Å². The maximum Gasteiger partial charge on any atom is 0.315 e. The minimum absolute atomic E-state index is 0.0800. The monoisotopic (exact) mass is 267 g/mol. The second-order valence-electron chi connectivity index (χ2n) is 3.94. The molecule has 0 aliphatic carbocycles. The van der Waals surface area contributed by atoms with Gasteiger partial charge in [0.25, 0.3) is 0 Å². The smallest absolute Gasteiger partial charge is 0.315 e. The van der Waals surface area contributed by atoms with Crippen molar-refractivity contribution in [3.63, 3.8) is 0 Å². The van der Waals surface area contributed by atoms with E-state index in [-0.39, 0.29) is 6.04 Å². The van der Waals surface area contributed by atoms with Gasteiger partial charge >= 0.3 is 6.01 Å². The highest BCUT2D eigenvalue weighted by Gasteiger charge is 2.12. The van der Waals surface area contributed by atoms with Gasteiger partial charge in [-0.25, -0.2) is 0 Å². The van der Waals surface area contributed by atoms with Crippen LogP contribution < -0.4 is 10.6 Å². The first-order valence-corrected chi connectivity index (χ1v) is 6.85. The van der Waals surface area contributed by atoms with Gasteiger partial charge in [0.05, 0.1) is 18.1 Å². The molecular formula is C11H17N5OS. The first-order chi connectivity index (χ1) is 8.79. The van der Waals surface area contributed by atoms with E-state index < -0.39 is 0 Å². The van der Waals surface area contributed by atoms with E-state index in [1.54, 1.807) is 16.8 Å². The van der Waals surface area contributed by atoms with Crippen molar-refractivity contribution in [2.45, 2.75) is 32.9 Å². The second-order valence-corrected chi connectivity index (χ2v) is 4.91. The Kier molecular flexibility index (Phi) is 4.66. The second kappa shape index (κ2) is 6.46. The number of nitrogens with zero attached hydrogens (tertiary/aromatic N) is 3. The lowest BCUT2D eigenvalue weighted by Crippen LogP contribution is -2.19. The van der Waals surface area contributed by atoms with Crippen LogP contribution >= 0.6 is 11.3 Å². The first kappa shape index (κ1) is 13.0. The van der Waals surface area contributed by atoms with Crippen molar-refractivity contribution in [1.29, 1.82) is 0 Å². The average molecular weight is 267 g/mol. The molecule has 0 radical (unpaired) electrons. The predicted molar refractivity (Wildman–Crippen MR) is 70.4 cm³/mol. The van der Waals surface area contributed by atoms with Gasteiger partial charge in [-0.1, -0.05) is 12.0 Å². The van der Waals surface area contributed by atoms with Gasteiger partial charge in [-0.15, -0.1) is 16.4 Å². The lowest BCUT2D eigenvalue weighted by Gasteiger charge is -2.07. The number of hydrogen-bond donors (Lipinski definition) is 2. The van der Waals surface area contributed by atoms with Crippen LogP contribution in [0.4, 0.5) is 6.01 Å². The molecule has 2 aromatic rings. The Balaban J connectivity index is 1.85. The zero-order chi connectivity index (χ0) is 12.8. The molecule has 0 aliphatic heterocycles. The third-order valence-corrected chi connectivity index (χ3v) is 3.19. The van der Waals surface area contributed by atoms with Crippen molar-refractivity contribution in [1.82, 2.24) is 20.5 Å². The van der Waals surface area contributed by atoms with Gasteiger partial charge in [-0.05, 0) is 19.9 Å². The molecule has 7 heteroatoms. The van der Waals surface area contributed by atoms with Gasteiger partial charge in [0.1, 0.15) is 0 Å². The van der Waals surface area contributed by atoms with Crippen molar-refractivity contribution < 1.29 is 4.42 Å². The molecule has 1 unspecified atom stereocenters. The van der Waals surface area contributed by atoms with E-state index in [0.717, 1.165) is 17.8 Å². The molecule has 2 N–H and O–H groups in total. The molecule has 6 nitrogen and oxygen atoms in total. The summed E-state index contributed by atoms with van der Waals surface area (Å²) in [5, 5.41) is 14.4. The minimum Gasteiger partial charge on any atom is -0.406 e. The fourth-order valence-electron chi connectivity index (χ4n) is 1.42. The topological polar surface area (TPSA) is 75.9 Å². The molecule has 0 saturated carbocycles. The van der Waals surface area contributed by atoms with E-state index in [9.17, 15) is 0 Å². The number of nitrogens with one attached hydrogen (secondary N) is 2. The van der Waals surface area contributed by atoms with Crippen LogP contribution in [0.15, 0.2) is 16.1 Å². The van der Waals surface area contributed by atoms with Crippen molar-refractivity contribution >= 4 is 17.4 Å². The average Bonchev–Trinajstić information content (AvgIpc) is 3.04. The summed E-state index contributed by atoms with van der Waals surface area (Å²) in [6, 6.07) is 0.528. The van der Waals surface area contributed by atoms with Crippen molar-refractivity contribution in [2.75, 3.05) is 11.9 Å². The lowest BCUT2D eigenvalue weighted by atomic mass is 10.3. The van der Waals surface area contributed by atoms with Crippen LogP contribution in [-0.4, -0.2) is 21.7 Å². The van der Waals surface area contributed by atoms with E-state index in [0.29, 0.717) is 18.5 Å². The standard InChI is InChI=1S/C11H17N5OS/c1-3-4-13-8(2)10-15-16-11(17-10)14-6-9-5-12-7-18-9/h5,7-8,13H,3-4,6H2,1-2H3,(H,14,16). The first-order valence-electron chi connectivity index (χ1n) is 5.97. The fraction of sp³-hybridized carbons (Fsp3) is 0.545. The summed E-state index contributed by atoms with van der Waals surface area (Å²) in [7, 11) is 0. The molecule has 2 aromatic heterocycles. The highest BCUT2D eigenvalue weighted by Crippen LogP contribution is 2.15. The molecule has 0 spiro atoms. The summed E-state index contributed by atoms with van der Waals surface area (Å²) < 4.78 is 5.53. The van der Waals surface area contributed by atoms with Crippen molar-refractivity contribution in [3.05, 3.63) is 22.5 Å². The molecule has 98 valence electrons. The van der Waals surface area contributed by atoms with Gasteiger partial charge in [0, 0.05) is 11.1 Å². The summed E-state index contributed by atoms with van der Waals surface area (Å²) in [5.41, 5.74) is 1.80. The lowest BCUT2D eigenvalue weighted by molar-refractivity contribution is 0.423. The summed E-state index contributed by atoms with van der Waals surface area (Å²) in [6.07, 6.45) is 2.90. The molecule has 0 amide bonds. The molecular weight excluding hydrogens is 250 g/mol. The normalized spacial score (nSPS) is 12.6. The molecule has 0 fully saturated rings. The van der Waals surface area contributed by atoms with E-state index in [4.69, 9.17) is 4.42 Å². The summed E-state index contributed by atoms with van der Waals surface area (Å²) >= 11 is 1.59. The number of anilines is 1. The Labute approximate surface area is 110 Å². The molecule has 0 aromatic carbocycles. The number of rotatable bonds is 7. The predicted octanol–water partition coefficient (Wildman–Crippen LogP) is 2.20. The molecule has 2 rings (SSSR count). The van der Waals surface area contributed by atoms with Crippen LogP contribution in [0.1, 0.15) is 37.1 Å². The zero-order valence-corrected chi connectivity index (χ0v) is 11.3. The van der Waals surface area contributed by atoms with Crippen LogP contribution in [0.3, 0.4) is 0 Å². The zero-order valence-electron chi connectivity index (χ0n) is 10.5. The summed E-state index contributed by atoms with van der Waals surface area (Å²) in [4.78, 5) is 5.13. The van der Waals surface area contributed by atoms with Crippen LogP contribution in [-0.2, 0) is 6.54 Å².